The van der Waals surface area contributed by atoms with E-state index in [-0.39, 0.29) is 5.56 Å². The highest BCUT2D eigenvalue weighted by Gasteiger charge is 2.55. The average molecular weight is 476 g/mol. The summed E-state index contributed by atoms with van der Waals surface area (Å²) in [4.78, 5) is 12.7. The Labute approximate surface area is 182 Å². The van der Waals surface area contributed by atoms with Crippen LogP contribution in [0, 0.1) is 17.6 Å². The minimum Gasteiger partial charge on any atom is -0.349 e. The summed E-state index contributed by atoms with van der Waals surface area (Å²) in [6.45, 7) is 3.27. The van der Waals surface area contributed by atoms with Crippen LogP contribution in [0.1, 0.15) is 43.0 Å². The zero-order chi connectivity index (χ0) is 24.1. The van der Waals surface area contributed by atoms with Gasteiger partial charge in [0.05, 0.1) is 17.9 Å². The van der Waals surface area contributed by atoms with Gasteiger partial charge in [0.1, 0.15) is 5.69 Å². The number of rotatable bonds is 6. The van der Waals surface area contributed by atoms with Gasteiger partial charge in [0.25, 0.3) is 0 Å². The minimum absolute atomic E-state index is 0.0873. The summed E-state index contributed by atoms with van der Waals surface area (Å²) < 4.78 is 90.9. The third-order valence-electron chi connectivity index (χ3n) is 5.64. The number of hydrogen-bond acceptors (Lipinski definition) is 3. The molecule has 1 aliphatic carbocycles. The van der Waals surface area contributed by atoms with Gasteiger partial charge in [-0.25, -0.2) is 17.2 Å². The van der Waals surface area contributed by atoms with Crippen LogP contribution in [0.15, 0.2) is 36.4 Å². The maximum atomic E-state index is 14.2. The first-order chi connectivity index (χ1) is 14.6. The van der Waals surface area contributed by atoms with Crippen molar-refractivity contribution in [2.24, 2.45) is 5.92 Å². The molecule has 1 fully saturated rings. The van der Waals surface area contributed by atoms with Crippen molar-refractivity contribution in [1.29, 1.82) is 0 Å². The maximum absolute atomic E-state index is 14.2. The molecule has 0 bridgehead atoms. The van der Waals surface area contributed by atoms with Crippen molar-refractivity contribution in [2.75, 3.05) is 11.0 Å². The van der Waals surface area contributed by atoms with Crippen LogP contribution in [0.3, 0.4) is 0 Å². The fourth-order valence-electron chi connectivity index (χ4n) is 3.63. The van der Waals surface area contributed by atoms with Gasteiger partial charge in [-0.2, -0.15) is 13.2 Å². The van der Waals surface area contributed by atoms with E-state index in [9.17, 15) is 35.2 Å². The van der Waals surface area contributed by atoms with Crippen molar-refractivity contribution in [3.8, 4) is 0 Å². The molecular formula is C21H21F5N2O3S. The van der Waals surface area contributed by atoms with Gasteiger partial charge < -0.3 is 5.32 Å². The first-order valence-corrected chi connectivity index (χ1v) is 11.5. The molecule has 0 heterocycles. The van der Waals surface area contributed by atoms with Crippen LogP contribution in [-0.2, 0) is 26.4 Å². The molecule has 3 atom stereocenters. The van der Waals surface area contributed by atoms with Crippen molar-refractivity contribution >= 4 is 21.6 Å². The summed E-state index contributed by atoms with van der Waals surface area (Å²) in [6, 6.07) is 5.67. The van der Waals surface area contributed by atoms with Gasteiger partial charge >= 0.3 is 6.18 Å². The Bertz CT molecular complexity index is 1130. The summed E-state index contributed by atoms with van der Waals surface area (Å²) >= 11 is 0. The number of nitrogens with one attached hydrogen (secondary N) is 2. The van der Waals surface area contributed by atoms with Crippen LogP contribution in [0.25, 0.3) is 0 Å². The average Bonchev–Trinajstić information content (AvgIpc) is 3.36. The summed E-state index contributed by atoms with van der Waals surface area (Å²) in [5.41, 5.74) is -1.56. The van der Waals surface area contributed by atoms with Gasteiger partial charge in [0, 0.05) is 11.3 Å². The molecule has 3 rings (SSSR count). The third-order valence-corrected chi connectivity index (χ3v) is 6.21. The van der Waals surface area contributed by atoms with E-state index in [4.69, 9.17) is 0 Å². The lowest BCUT2D eigenvalue weighted by Crippen LogP contribution is -2.30. The van der Waals surface area contributed by atoms with Gasteiger partial charge in [0.2, 0.25) is 15.9 Å². The molecule has 32 heavy (non-hydrogen) atoms. The van der Waals surface area contributed by atoms with E-state index in [1.807, 2.05) is 0 Å². The molecule has 2 aromatic carbocycles. The molecule has 1 aliphatic rings. The molecule has 174 valence electrons. The van der Waals surface area contributed by atoms with E-state index < -0.39 is 62.4 Å². The smallest absolute Gasteiger partial charge is 0.349 e. The zero-order valence-corrected chi connectivity index (χ0v) is 18.2. The van der Waals surface area contributed by atoms with Crippen molar-refractivity contribution in [1.82, 2.24) is 5.32 Å². The SMILES string of the molecule is CC(NC(=O)[C@@H]1C[C@]1(C)c1ccc(C(F)(F)F)cc1)c1cc(F)c(NS(C)(=O)=O)c(F)c1. The normalized spacial score (nSPS) is 21.7. The lowest BCUT2D eigenvalue weighted by Gasteiger charge is -2.18. The van der Waals surface area contributed by atoms with E-state index in [1.165, 1.54) is 19.1 Å². The number of amides is 1. The second kappa shape index (κ2) is 8.02. The molecule has 1 amide bonds. The molecule has 2 N–H and O–H groups in total. The van der Waals surface area contributed by atoms with E-state index in [1.54, 1.807) is 11.6 Å². The summed E-state index contributed by atoms with van der Waals surface area (Å²) in [6.07, 6.45) is -3.28. The summed E-state index contributed by atoms with van der Waals surface area (Å²) in [7, 11) is -3.89. The Morgan fingerprint density at radius 3 is 2.12 bits per heavy atom. The third kappa shape index (κ3) is 5.03. The second-order valence-corrected chi connectivity index (χ2v) is 9.96. The first kappa shape index (κ1) is 24.0. The molecule has 0 radical (unpaired) electrons. The summed E-state index contributed by atoms with van der Waals surface area (Å²) in [5.74, 6) is -3.18. The van der Waals surface area contributed by atoms with E-state index in [0.29, 0.717) is 12.0 Å². The molecular weight excluding hydrogens is 455 g/mol. The number of carbonyl (C=O) groups is 1. The number of hydrogen-bond donors (Lipinski definition) is 2. The molecule has 11 heteroatoms. The molecule has 0 saturated heterocycles. The van der Waals surface area contributed by atoms with Crippen molar-refractivity contribution < 1.29 is 35.2 Å². The lowest BCUT2D eigenvalue weighted by atomic mass is 9.94. The number of benzene rings is 2. The second-order valence-electron chi connectivity index (χ2n) is 8.21. The molecule has 2 aromatic rings. The number of halogens is 5. The molecule has 1 unspecified atom stereocenters. The van der Waals surface area contributed by atoms with Gasteiger partial charge in [-0.15, -0.1) is 0 Å². The monoisotopic (exact) mass is 476 g/mol. The van der Waals surface area contributed by atoms with Gasteiger partial charge in [-0.3, -0.25) is 9.52 Å². The van der Waals surface area contributed by atoms with Gasteiger partial charge in [-0.05, 0) is 48.7 Å². The molecule has 5 nitrogen and oxygen atoms in total. The Morgan fingerprint density at radius 2 is 1.66 bits per heavy atom. The standard InChI is InChI=1S/C21H21F5N2O3S/c1-11(12-8-16(22)18(17(23)9-12)28-32(3,30)31)27-19(29)15-10-20(15,2)13-4-6-14(7-5-13)21(24,25)26/h4-9,11,15,28H,10H2,1-3H3,(H,27,29)/t11?,15-,20+/m0/s1. The Morgan fingerprint density at radius 1 is 1.12 bits per heavy atom. The largest absolute Gasteiger partial charge is 0.416 e. The summed E-state index contributed by atoms with van der Waals surface area (Å²) in [5, 5.41) is 2.65. The fraction of sp³-hybridized carbons (Fsp3) is 0.381. The highest BCUT2D eigenvalue weighted by atomic mass is 32.2. The lowest BCUT2D eigenvalue weighted by molar-refractivity contribution is -0.137. The number of carbonyl (C=O) groups excluding carboxylic acids is 1. The molecule has 0 spiro atoms. The van der Waals surface area contributed by atoms with E-state index >= 15 is 0 Å². The van der Waals surface area contributed by atoms with Gasteiger partial charge in [0.15, 0.2) is 11.6 Å². The maximum Gasteiger partial charge on any atom is 0.416 e. The Hall–Kier alpha value is -2.69. The first-order valence-electron chi connectivity index (χ1n) is 9.56. The highest BCUT2D eigenvalue weighted by Crippen LogP contribution is 2.54. The van der Waals surface area contributed by atoms with Crippen LogP contribution in [-0.4, -0.2) is 20.6 Å². The van der Waals surface area contributed by atoms with Crippen molar-refractivity contribution in [2.45, 2.75) is 37.9 Å². The van der Waals surface area contributed by atoms with Crippen LogP contribution in [0.5, 0.6) is 0 Å². The number of sulfonamides is 1. The predicted molar refractivity (Wildman–Crippen MR) is 108 cm³/mol. The molecule has 0 aromatic heterocycles. The highest BCUT2D eigenvalue weighted by molar-refractivity contribution is 7.92. The quantitative estimate of drug-likeness (QED) is 0.603. The molecule has 0 aliphatic heterocycles. The van der Waals surface area contributed by atoms with Crippen LogP contribution in [0.4, 0.5) is 27.6 Å². The van der Waals surface area contributed by atoms with Crippen molar-refractivity contribution in [3.05, 3.63) is 64.7 Å². The number of alkyl halides is 3. The zero-order valence-electron chi connectivity index (χ0n) is 17.3. The van der Waals surface area contributed by atoms with Crippen LogP contribution < -0.4 is 10.0 Å². The Kier molecular flexibility index (Phi) is 6.01. The van der Waals surface area contributed by atoms with Crippen LogP contribution >= 0.6 is 0 Å². The topological polar surface area (TPSA) is 75.3 Å². The van der Waals surface area contributed by atoms with Gasteiger partial charge in [-0.1, -0.05) is 19.1 Å². The Balaban J connectivity index is 1.70. The fourth-order valence-corrected chi connectivity index (χ4v) is 4.19. The molecule has 1 saturated carbocycles. The minimum atomic E-state index is -4.45. The van der Waals surface area contributed by atoms with E-state index in [2.05, 4.69) is 5.32 Å². The van der Waals surface area contributed by atoms with Crippen molar-refractivity contribution in [3.63, 3.8) is 0 Å². The van der Waals surface area contributed by atoms with E-state index in [0.717, 1.165) is 30.5 Å². The van der Waals surface area contributed by atoms with Crippen LogP contribution in [0.2, 0.25) is 0 Å². The number of anilines is 1. The predicted octanol–water partition coefficient (Wildman–Crippen LogP) is 4.51.